The van der Waals surface area contributed by atoms with Crippen molar-refractivity contribution in [3.63, 3.8) is 0 Å². The van der Waals surface area contributed by atoms with Gasteiger partial charge in [-0.3, -0.25) is 13.9 Å². The lowest BCUT2D eigenvalue weighted by Gasteiger charge is -2.12. The molecule has 0 spiro atoms. The summed E-state index contributed by atoms with van der Waals surface area (Å²) in [6.45, 7) is 0.179. The van der Waals surface area contributed by atoms with Crippen LogP contribution in [-0.4, -0.2) is 53.0 Å². The average Bonchev–Trinajstić information content (AvgIpc) is 2.90. The van der Waals surface area contributed by atoms with Gasteiger partial charge in [0.15, 0.2) is 6.61 Å². The SMILES string of the molecule is CS(=O)Cc1cccc(C(=O)OCC(=O)N2CCNC2=O)c1. The number of rotatable bonds is 5. The Morgan fingerprint density at radius 3 is 2.82 bits per heavy atom. The van der Waals surface area contributed by atoms with Gasteiger partial charge < -0.3 is 10.1 Å². The number of imide groups is 1. The molecule has 0 aromatic heterocycles. The number of carbonyl (C=O) groups excluding carboxylic acids is 3. The maximum absolute atomic E-state index is 11.9. The third-order valence-electron chi connectivity index (χ3n) is 3.02. The molecule has 8 heteroatoms. The highest BCUT2D eigenvalue weighted by Crippen LogP contribution is 2.09. The third kappa shape index (κ3) is 4.14. The van der Waals surface area contributed by atoms with Crippen LogP contribution in [0.3, 0.4) is 0 Å². The molecule has 1 aliphatic heterocycles. The molecule has 118 valence electrons. The normalized spacial score (nSPS) is 15.3. The van der Waals surface area contributed by atoms with E-state index >= 15 is 0 Å². The zero-order chi connectivity index (χ0) is 16.1. The molecule has 0 aliphatic carbocycles. The van der Waals surface area contributed by atoms with Crippen LogP contribution >= 0.6 is 0 Å². The van der Waals surface area contributed by atoms with Crippen LogP contribution in [0.2, 0.25) is 0 Å². The smallest absolute Gasteiger partial charge is 0.338 e. The van der Waals surface area contributed by atoms with Gasteiger partial charge in [0, 0.05) is 35.9 Å². The molecule has 0 bridgehead atoms. The third-order valence-corrected chi connectivity index (χ3v) is 3.76. The first-order chi connectivity index (χ1) is 10.5. The summed E-state index contributed by atoms with van der Waals surface area (Å²) in [7, 11) is -1.01. The summed E-state index contributed by atoms with van der Waals surface area (Å²) in [5.74, 6) is -0.876. The van der Waals surface area contributed by atoms with Crippen LogP contribution in [0.1, 0.15) is 15.9 Å². The largest absolute Gasteiger partial charge is 0.452 e. The van der Waals surface area contributed by atoms with Crippen molar-refractivity contribution in [2.75, 3.05) is 26.0 Å². The van der Waals surface area contributed by atoms with E-state index in [0.29, 0.717) is 12.3 Å². The lowest BCUT2D eigenvalue weighted by atomic mass is 10.1. The van der Waals surface area contributed by atoms with Crippen molar-refractivity contribution < 1.29 is 23.3 Å². The number of carbonyl (C=O) groups is 3. The minimum Gasteiger partial charge on any atom is -0.452 e. The summed E-state index contributed by atoms with van der Waals surface area (Å²) >= 11 is 0. The van der Waals surface area contributed by atoms with Gasteiger partial charge in [-0.2, -0.15) is 0 Å². The van der Waals surface area contributed by atoms with Gasteiger partial charge in [0.1, 0.15) is 0 Å². The summed E-state index contributed by atoms with van der Waals surface area (Å²) < 4.78 is 16.1. The van der Waals surface area contributed by atoms with Gasteiger partial charge in [0.2, 0.25) is 0 Å². The molecule has 2 rings (SSSR count). The number of urea groups is 1. The molecule has 1 N–H and O–H groups in total. The number of hydrogen-bond acceptors (Lipinski definition) is 5. The summed E-state index contributed by atoms with van der Waals surface area (Å²) in [5, 5.41) is 2.49. The Morgan fingerprint density at radius 1 is 1.41 bits per heavy atom. The highest BCUT2D eigenvalue weighted by atomic mass is 32.2. The minimum absolute atomic E-state index is 0.271. The fourth-order valence-electron chi connectivity index (χ4n) is 2.02. The zero-order valence-electron chi connectivity index (χ0n) is 12.0. The molecule has 0 saturated carbocycles. The van der Waals surface area contributed by atoms with Crippen molar-refractivity contribution >= 4 is 28.7 Å². The number of amides is 3. The molecule has 1 heterocycles. The Labute approximate surface area is 130 Å². The summed E-state index contributed by atoms with van der Waals surface area (Å²) in [6, 6.07) is 6.08. The fourth-order valence-corrected chi connectivity index (χ4v) is 2.67. The standard InChI is InChI=1S/C14H16N2O5S/c1-22(20)9-10-3-2-4-11(7-10)13(18)21-8-12(17)16-6-5-15-14(16)19/h2-4,7H,5-6,8-9H2,1H3,(H,15,19). The molecule has 1 aliphatic rings. The van der Waals surface area contributed by atoms with Crippen molar-refractivity contribution in [3.05, 3.63) is 35.4 Å². The van der Waals surface area contributed by atoms with E-state index < -0.39 is 35.3 Å². The van der Waals surface area contributed by atoms with Crippen LogP contribution in [0.4, 0.5) is 4.79 Å². The van der Waals surface area contributed by atoms with Crippen LogP contribution in [0.5, 0.6) is 0 Å². The van der Waals surface area contributed by atoms with E-state index in [1.54, 1.807) is 30.5 Å². The lowest BCUT2D eigenvalue weighted by molar-refractivity contribution is -0.130. The van der Waals surface area contributed by atoms with E-state index in [2.05, 4.69) is 5.32 Å². The first kappa shape index (κ1) is 16.2. The van der Waals surface area contributed by atoms with Crippen LogP contribution in [0, 0.1) is 0 Å². The summed E-state index contributed by atoms with van der Waals surface area (Å²) in [5.41, 5.74) is 1.03. The number of nitrogens with zero attached hydrogens (tertiary/aromatic N) is 1. The van der Waals surface area contributed by atoms with E-state index in [1.807, 2.05) is 0 Å². The number of nitrogens with one attached hydrogen (secondary N) is 1. The second-order valence-electron chi connectivity index (χ2n) is 4.77. The molecule has 1 atom stereocenters. The molecular formula is C14H16N2O5S. The Hall–Kier alpha value is -2.22. The lowest BCUT2D eigenvalue weighted by Crippen LogP contribution is -2.37. The van der Waals surface area contributed by atoms with E-state index in [4.69, 9.17) is 4.74 Å². The van der Waals surface area contributed by atoms with E-state index in [9.17, 15) is 18.6 Å². The summed E-state index contributed by atoms with van der Waals surface area (Å²) in [6.07, 6.45) is 1.57. The Kier molecular flexibility index (Phi) is 5.26. The van der Waals surface area contributed by atoms with E-state index in [1.165, 1.54) is 0 Å². The molecule has 1 aromatic carbocycles. The summed E-state index contributed by atoms with van der Waals surface area (Å²) in [4.78, 5) is 36.0. The van der Waals surface area contributed by atoms with Gasteiger partial charge in [-0.15, -0.1) is 0 Å². The van der Waals surface area contributed by atoms with Gasteiger partial charge in [0.05, 0.1) is 5.56 Å². The second kappa shape index (κ2) is 7.17. The fraction of sp³-hybridized carbons (Fsp3) is 0.357. The van der Waals surface area contributed by atoms with Crippen molar-refractivity contribution in [3.8, 4) is 0 Å². The molecule has 0 radical (unpaired) electrons. The molecule has 22 heavy (non-hydrogen) atoms. The minimum atomic E-state index is -1.01. The van der Waals surface area contributed by atoms with Crippen molar-refractivity contribution in [2.24, 2.45) is 0 Å². The van der Waals surface area contributed by atoms with Crippen molar-refractivity contribution in [1.82, 2.24) is 10.2 Å². The molecule has 1 unspecified atom stereocenters. The van der Waals surface area contributed by atoms with Gasteiger partial charge in [-0.1, -0.05) is 12.1 Å². The molecule has 1 fully saturated rings. The molecule has 1 saturated heterocycles. The molecule has 3 amide bonds. The maximum Gasteiger partial charge on any atom is 0.338 e. The number of hydrogen-bond donors (Lipinski definition) is 1. The number of benzene rings is 1. The highest BCUT2D eigenvalue weighted by Gasteiger charge is 2.26. The first-order valence-electron chi connectivity index (χ1n) is 6.61. The molecule has 1 aromatic rings. The van der Waals surface area contributed by atoms with E-state index in [-0.39, 0.29) is 12.1 Å². The number of esters is 1. The van der Waals surface area contributed by atoms with Crippen LogP contribution < -0.4 is 5.32 Å². The maximum atomic E-state index is 11.9. The Bertz CT molecular complexity index is 631. The quantitative estimate of drug-likeness (QED) is 0.785. The first-order valence-corrected chi connectivity index (χ1v) is 8.34. The van der Waals surface area contributed by atoms with Gasteiger partial charge in [-0.05, 0) is 17.7 Å². The van der Waals surface area contributed by atoms with Gasteiger partial charge in [0.25, 0.3) is 5.91 Å². The van der Waals surface area contributed by atoms with Crippen molar-refractivity contribution in [1.29, 1.82) is 0 Å². The van der Waals surface area contributed by atoms with E-state index in [0.717, 1.165) is 10.5 Å². The van der Waals surface area contributed by atoms with Crippen LogP contribution in [-0.2, 0) is 26.1 Å². The van der Waals surface area contributed by atoms with Crippen LogP contribution in [0.15, 0.2) is 24.3 Å². The predicted octanol–water partition coefficient (Wildman–Crippen LogP) is 0.274. The van der Waals surface area contributed by atoms with Gasteiger partial charge >= 0.3 is 12.0 Å². The van der Waals surface area contributed by atoms with Gasteiger partial charge in [-0.25, -0.2) is 9.59 Å². The average molecular weight is 324 g/mol. The Morgan fingerprint density at radius 2 is 2.18 bits per heavy atom. The number of ether oxygens (including phenoxy) is 1. The van der Waals surface area contributed by atoms with Crippen LogP contribution in [0.25, 0.3) is 0 Å². The Balaban J connectivity index is 1.93. The monoisotopic (exact) mass is 324 g/mol. The second-order valence-corrected chi connectivity index (χ2v) is 6.21. The molecule has 7 nitrogen and oxygen atoms in total. The highest BCUT2D eigenvalue weighted by molar-refractivity contribution is 7.83. The molecular weight excluding hydrogens is 308 g/mol. The zero-order valence-corrected chi connectivity index (χ0v) is 12.9. The van der Waals surface area contributed by atoms with Crippen molar-refractivity contribution in [2.45, 2.75) is 5.75 Å². The topological polar surface area (TPSA) is 92.8 Å². The predicted molar refractivity (Wildman–Crippen MR) is 79.6 cm³/mol.